The van der Waals surface area contributed by atoms with Gasteiger partial charge in [-0.2, -0.15) is 0 Å². The summed E-state index contributed by atoms with van der Waals surface area (Å²) in [6.45, 7) is 0. The van der Waals surface area contributed by atoms with Crippen LogP contribution in [0.2, 0.25) is 0 Å². The molecule has 1 fully saturated rings. The van der Waals surface area contributed by atoms with E-state index in [0.717, 1.165) is 25.7 Å². The van der Waals surface area contributed by atoms with Crippen molar-refractivity contribution in [3.05, 3.63) is 35.1 Å². The van der Waals surface area contributed by atoms with Gasteiger partial charge < -0.3 is 11.1 Å². The van der Waals surface area contributed by atoms with Crippen LogP contribution in [0.15, 0.2) is 12.1 Å². The van der Waals surface area contributed by atoms with Crippen molar-refractivity contribution in [3.8, 4) is 0 Å². The van der Waals surface area contributed by atoms with Crippen LogP contribution in [-0.2, 0) is 0 Å². The van der Waals surface area contributed by atoms with Crippen molar-refractivity contribution in [2.45, 2.75) is 44.2 Å². The molecule has 0 radical (unpaired) electrons. The van der Waals surface area contributed by atoms with E-state index in [0.29, 0.717) is 18.6 Å². The van der Waals surface area contributed by atoms with Gasteiger partial charge in [-0.15, -0.1) is 0 Å². The summed E-state index contributed by atoms with van der Waals surface area (Å²) >= 11 is 0. The zero-order chi connectivity index (χ0) is 14.7. The van der Waals surface area contributed by atoms with Crippen LogP contribution in [0.4, 0.5) is 13.2 Å². The molecule has 0 bridgehead atoms. The monoisotopic (exact) mass is 286 g/mol. The Kier molecular flexibility index (Phi) is 4.65. The quantitative estimate of drug-likeness (QED) is 0.821. The predicted molar refractivity (Wildman–Crippen MR) is 68.6 cm³/mol. The molecule has 0 heterocycles. The topological polar surface area (TPSA) is 55.1 Å². The summed E-state index contributed by atoms with van der Waals surface area (Å²) in [7, 11) is 0. The van der Waals surface area contributed by atoms with Crippen LogP contribution < -0.4 is 11.1 Å². The normalized spacial score (nSPS) is 23.2. The molecule has 0 spiro atoms. The van der Waals surface area contributed by atoms with Gasteiger partial charge in [0, 0.05) is 24.2 Å². The molecule has 1 aliphatic rings. The summed E-state index contributed by atoms with van der Waals surface area (Å²) < 4.78 is 39.9. The molecular formula is C14H17F3N2O. The molecule has 3 nitrogen and oxygen atoms in total. The first-order valence-electron chi connectivity index (χ1n) is 6.70. The maximum absolute atomic E-state index is 13.5. The van der Waals surface area contributed by atoms with Gasteiger partial charge in [0.25, 0.3) is 5.91 Å². The summed E-state index contributed by atoms with van der Waals surface area (Å²) in [5, 5.41) is 2.56. The van der Waals surface area contributed by atoms with Crippen LogP contribution in [0.1, 0.15) is 42.5 Å². The maximum atomic E-state index is 13.5. The van der Waals surface area contributed by atoms with Crippen LogP contribution in [-0.4, -0.2) is 18.0 Å². The smallest absolute Gasteiger partial charge is 0.257 e. The largest absolute Gasteiger partial charge is 0.348 e. The van der Waals surface area contributed by atoms with E-state index < -0.39 is 28.9 Å². The van der Waals surface area contributed by atoms with Crippen molar-refractivity contribution in [3.63, 3.8) is 0 Å². The minimum absolute atomic E-state index is 0.229. The van der Waals surface area contributed by atoms with Crippen LogP contribution >= 0.6 is 0 Å². The zero-order valence-corrected chi connectivity index (χ0v) is 11.0. The number of benzene rings is 1. The van der Waals surface area contributed by atoms with Gasteiger partial charge in [0.05, 0.1) is 0 Å². The molecule has 0 saturated heterocycles. The van der Waals surface area contributed by atoms with E-state index in [4.69, 9.17) is 5.73 Å². The number of carbonyl (C=O) groups is 1. The van der Waals surface area contributed by atoms with Gasteiger partial charge in [-0.1, -0.05) is 19.3 Å². The minimum Gasteiger partial charge on any atom is -0.348 e. The Morgan fingerprint density at radius 1 is 1.10 bits per heavy atom. The summed E-state index contributed by atoms with van der Waals surface area (Å²) in [6.07, 6.45) is 4.36. The summed E-state index contributed by atoms with van der Waals surface area (Å²) in [6, 6.07) is 0.442. The van der Waals surface area contributed by atoms with Gasteiger partial charge in [0.15, 0.2) is 0 Å². The zero-order valence-electron chi connectivity index (χ0n) is 11.0. The van der Waals surface area contributed by atoms with Crippen LogP contribution in [0.25, 0.3) is 0 Å². The first-order chi connectivity index (χ1) is 9.49. The highest BCUT2D eigenvalue weighted by Gasteiger charge is 2.25. The Labute approximate surface area is 115 Å². The molecule has 110 valence electrons. The van der Waals surface area contributed by atoms with Crippen molar-refractivity contribution in [1.82, 2.24) is 5.32 Å². The number of carbonyl (C=O) groups excluding carboxylic acids is 1. The van der Waals surface area contributed by atoms with E-state index in [1.54, 1.807) is 0 Å². The predicted octanol–water partition coefficient (Wildman–Crippen LogP) is 2.49. The van der Waals surface area contributed by atoms with Crippen molar-refractivity contribution in [2.24, 2.45) is 5.73 Å². The molecule has 1 saturated carbocycles. The van der Waals surface area contributed by atoms with E-state index in [-0.39, 0.29) is 12.1 Å². The number of halogens is 3. The second-order valence-electron chi connectivity index (χ2n) is 5.13. The highest BCUT2D eigenvalue weighted by Crippen LogP contribution is 2.19. The Morgan fingerprint density at radius 3 is 2.35 bits per heavy atom. The van der Waals surface area contributed by atoms with Crippen molar-refractivity contribution in [1.29, 1.82) is 0 Å². The molecule has 1 aliphatic carbocycles. The lowest BCUT2D eigenvalue weighted by Crippen LogP contribution is -2.47. The highest BCUT2D eigenvalue weighted by molar-refractivity contribution is 5.95. The van der Waals surface area contributed by atoms with Gasteiger partial charge in [-0.05, 0) is 12.8 Å². The molecule has 0 aliphatic heterocycles. The lowest BCUT2D eigenvalue weighted by molar-refractivity contribution is 0.0920. The van der Waals surface area contributed by atoms with Crippen LogP contribution in [0, 0.1) is 17.5 Å². The third-order valence-electron chi connectivity index (χ3n) is 3.62. The van der Waals surface area contributed by atoms with Crippen LogP contribution in [0.5, 0.6) is 0 Å². The Bertz CT molecular complexity index is 484. The number of hydrogen-bond donors (Lipinski definition) is 2. The van der Waals surface area contributed by atoms with Crippen molar-refractivity contribution >= 4 is 5.91 Å². The molecule has 20 heavy (non-hydrogen) atoms. The summed E-state index contributed by atoms with van der Waals surface area (Å²) in [5.41, 5.74) is 5.18. The molecule has 2 unspecified atom stereocenters. The maximum Gasteiger partial charge on any atom is 0.257 e. The number of amides is 1. The fourth-order valence-corrected chi connectivity index (χ4v) is 2.52. The fourth-order valence-electron chi connectivity index (χ4n) is 2.52. The van der Waals surface area contributed by atoms with E-state index >= 15 is 0 Å². The highest BCUT2D eigenvalue weighted by atomic mass is 19.1. The second kappa shape index (κ2) is 6.26. The third-order valence-corrected chi connectivity index (χ3v) is 3.62. The molecule has 1 aromatic carbocycles. The van der Waals surface area contributed by atoms with E-state index in [1.807, 2.05) is 0 Å². The Balaban J connectivity index is 2.15. The van der Waals surface area contributed by atoms with Gasteiger partial charge >= 0.3 is 0 Å². The molecule has 6 heteroatoms. The van der Waals surface area contributed by atoms with E-state index in [1.165, 1.54) is 0 Å². The Hall–Kier alpha value is -1.56. The van der Waals surface area contributed by atoms with Crippen molar-refractivity contribution in [2.75, 3.05) is 0 Å². The molecule has 1 amide bonds. The molecular weight excluding hydrogens is 269 g/mol. The fraction of sp³-hybridized carbons (Fsp3) is 0.500. The standard InChI is InChI=1S/C14H17F3N2O/c15-8-6-9(16)13(10(17)7-8)14(20)19-12-5-3-1-2-4-11(12)18/h6-7,11-12H,1-5,18H2,(H,19,20). The molecule has 2 atom stereocenters. The van der Waals surface area contributed by atoms with Gasteiger partial charge in [-0.3, -0.25) is 4.79 Å². The lowest BCUT2D eigenvalue weighted by atomic mass is 10.0. The van der Waals surface area contributed by atoms with Gasteiger partial charge in [0.2, 0.25) is 0 Å². The van der Waals surface area contributed by atoms with E-state index in [9.17, 15) is 18.0 Å². The lowest BCUT2D eigenvalue weighted by Gasteiger charge is -2.22. The molecule has 0 aromatic heterocycles. The molecule has 3 N–H and O–H groups in total. The molecule has 2 rings (SSSR count). The summed E-state index contributed by atoms with van der Waals surface area (Å²) in [5.74, 6) is -4.35. The summed E-state index contributed by atoms with van der Waals surface area (Å²) in [4.78, 5) is 12.0. The minimum atomic E-state index is -1.21. The third kappa shape index (κ3) is 3.30. The first-order valence-corrected chi connectivity index (χ1v) is 6.70. The SMILES string of the molecule is NC1CCCCCC1NC(=O)c1c(F)cc(F)cc1F. The van der Waals surface area contributed by atoms with Gasteiger partial charge in [-0.25, -0.2) is 13.2 Å². The second-order valence-corrected chi connectivity index (χ2v) is 5.13. The average Bonchev–Trinajstić information content (AvgIpc) is 2.53. The Morgan fingerprint density at radius 2 is 1.70 bits per heavy atom. The van der Waals surface area contributed by atoms with E-state index in [2.05, 4.69) is 5.32 Å². The molecule has 1 aromatic rings. The number of rotatable bonds is 2. The average molecular weight is 286 g/mol. The first kappa shape index (κ1) is 14.8. The van der Waals surface area contributed by atoms with Gasteiger partial charge in [0.1, 0.15) is 23.0 Å². The van der Waals surface area contributed by atoms with Crippen molar-refractivity contribution < 1.29 is 18.0 Å². The van der Waals surface area contributed by atoms with Crippen LogP contribution in [0.3, 0.4) is 0 Å². The number of hydrogen-bond acceptors (Lipinski definition) is 2. The number of nitrogens with two attached hydrogens (primary N) is 1. The number of nitrogens with one attached hydrogen (secondary N) is 1.